The Labute approximate surface area is 104 Å². The highest BCUT2D eigenvalue weighted by molar-refractivity contribution is 5.92. The average Bonchev–Trinajstić information content (AvgIpc) is 2.37. The molecular formula is C13H13N3O2. The van der Waals surface area contributed by atoms with Crippen molar-refractivity contribution in [1.82, 2.24) is 10.2 Å². The van der Waals surface area contributed by atoms with E-state index in [-0.39, 0.29) is 11.4 Å². The van der Waals surface area contributed by atoms with Crippen LogP contribution in [-0.4, -0.2) is 21.3 Å². The molecule has 0 unspecified atom stereocenters. The number of benzene rings is 1. The van der Waals surface area contributed by atoms with Gasteiger partial charge in [-0.25, -0.2) is 4.79 Å². The molecule has 5 heteroatoms. The molecule has 0 saturated heterocycles. The molecule has 0 bridgehead atoms. The van der Waals surface area contributed by atoms with Gasteiger partial charge in [-0.3, -0.25) is 0 Å². The Balaban J connectivity index is 2.13. The quantitative estimate of drug-likeness (QED) is 0.860. The van der Waals surface area contributed by atoms with Crippen LogP contribution in [0.2, 0.25) is 0 Å². The van der Waals surface area contributed by atoms with E-state index in [0.29, 0.717) is 6.54 Å². The van der Waals surface area contributed by atoms with Crippen LogP contribution in [0.15, 0.2) is 36.5 Å². The predicted molar refractivity (Wildman–Crippen MR) is 67.5 cm³/mol. The number of rotatable bonds is 4. The Morgan fingerprint density at radius 2 is 2.22 bits per heavy atom. The third kappa shape index (κ3) is 2.82. The minimum Gasteiger partial charge on any atom is -0.478 e. The molecular weight excluding hydrogens is 230 g/mol. The van der Waals surface area contributed by atoms with Gasteiger partial charge in [0, 0.05) is 6.54 Å². The molecule has 0 aliphatic heterocycles. The van der Waals surface area contributed by atoms with Crippen LogP contribution >= 0.6 is 0 Å². The summed E-state index contributed by atoms with van der Waals surface area (Å²) < 4.78 is 0. The molecule has 0 amide bonds. The lowest BCUT2D eigenvalue weighted by Crippen LogP contribution is -2.09. The fourth-order valence-electron chi connectivity index (χ4n) is 1.64. The Bertz CT molecular complexity index is 570. The minimum absolute atomic E-state index is 0.123. The van der Waals surface area contributed by atoms with Gasteiger partial charge in [0.1, 0.15) is 5.56 Å². The van der Waals surface area contributed by atoms with Crippen molar-refractivity contribution in [2.75, 3.05) is 5.32 Å². The Kier molecular flexibility index (Phi) is 3.52. The first-order valence-electron chi connectivity index (χ1n) is 5.51. The number of carbonyl (C=O) groups is 1. The Morgan fingerprint density at radius 3 is 2.94 bits per heavy atom. The number of nitrogens with one attached hydrogen (secondary N) is 1. The molecule has 2 aromatic rings. The SMILES string of the molecule is Cc1cccc(CNc2nnccc2C(=O)O)c1. The zero-order valence-corrected chi connectivity index (χ0v) is 9.92. The number of nitrogens with zero attached hydrogens (tertiary/aromatic N) is 2. The predicted octanol–water partition coefficient (Wildman–Crippen LogP) is 2.10. The van der Waals surface area contributed by atoms with Gasteiger partial charge < -0.3 is 10.4 Å². The average molecular weight is 243 g/mol. The molecule has 18 heavy (non-hydrogen) atoms. The molecule has 0 spiro atoms. The molecule has 0 fully saturated rings. The molecule has 2 rings (SSSR count). The lowest BCUT2D eigenvalue weighted by atomic mass is 10.1. The summed E-state index contributed by atoms with van der Waals surface area (Å²) in [6.07, 6.45) is 1.36. The first-order valence-corrected chi connectivity index (χ1v) is 5.51. The van der Waals surface area contributed by atoms with Crippen molar-refractivity contribution in [3.63, 3.8) is 0 Å². The molecule has 0 aliphatic rings. The molecule has 1 heterocycles. The van der Waals surface area contributed by atoms with Crippen LogP contribution in [-0.2, 0) is 6.54 Å². The second-order valence-corrected chi connectivity index (χ2v) is 3.94. The summed E-state index contributed by atoms with van der Waals surface area (Å²) in [6.45, 7) is 2.52. The standard InChI is InChI=1S/C13H13N3O2/c1-9-3-2-4-10(7-9)8-14-12-11(13(17)18)5-6-15-16-12/h2-7H,8H2,1H3,(H,14,16)(H,17,18). The lowest BCUT2D eigenvalue weighted by Gasteiger charge is -2.07. The van der Waals surface area contributed by atoms with Crippen LogP contribution in [0.25, 0.3) is 0 Å². The van der Waals surface area contributed by atoms with Crippen LogP contribution in [0.3, 0.4) is 0 Å². The summed E-state index contributed by atoms with van der Waals surface area (Å²) in [6, 6.07) is 9.39. The molecule has 0 atom stereocenters. The largest absolute Gasteiger partial charge is 0.478 e. The van der Waals surface area contributed by atoms with Crippen LogP contribution in [0.4, 0.5) is 5.82 Å². The van der Waals surface area contributed by atoms with Crippen LogP contribution < -0.4 is 5.32 Å². The lowest BCUT2D eigenvalue weighted by molar-refractivity contribution is 0.0697. The molecule has 1 aromatic carbocycles. The number of aryl methyl sites for hydroxylation is 1. The van der Waals surface area contributed by atoms with E-state index in [0.717, 1.165) is 11.1 Å². The van der Waals surface area contributed by atoms with Crippen molar-refractivity contribution in [3.05, 3.63) is 53.2 Å². The second-order valence-electron chi connectivity index (χ2n) is 3.94. The number of hydrogen-bond acceptors (Lipinski definition) is 4. The first-order chi connectivity index (χ1) is 8.66. The summed E-state index contributed by atoms with van der Waals surface area (Å²) >= 11 is 0. The van der Waals surface area contributed by atoms with Crippen LogP contribution in [0, 0.1) is 6.92 Å². The van der Waals surface area contributed by atoms with Gasteiger partial charge in [-0.05, 0) is 18.6 Å². The normalized spacial score (nSPS) is 10.1. The Morgan fingerprint density at radius 1 is 1.39 bits per heavy atom. The van der Waals surface area contributed by atoms with E-state index < -0.39 is 5.97 Å². The zero-order chi connectivity index (χ0) is 13.0. The van der Waals surface area contributed by atoms with Gasteiger partial charge >= 0.3 is 5.97 Å². The van der Waals surface area contributed by atoms with E-state index in [4.69, 9.17) is 5.11 Å². The van der Waals surface area contributed by atoms with Crippen molar-refractivity contribution in [2.45, 2.75) is 13.5 Å². The van der Waals surface area contributed by atoms with Crippen molar-refractivity contribution < 1.29 is 9.90 Å². The van der Waals surface area contributed by atoms with Crippen molar-refractivity contribution in [1.29, 1.82) is 0 Å². The van der Waals surface area contributed by atoms with E-state index in [2.05, 4.69) is 15.5 Å². The van der Waals surface area contributed by atoms with Crippen LogP contribution in [0.5, 0.6) is 0 Å². The van der Waals surface area contributed by atoms with E-state index in [1.165, 1.54) is 12.3 Å². The summed E-state index contributed by atoms with van der Waals surface area (Å²) in [5.74, 6) is -0.733. The minimum atomic E-state index is -1.02. The number of anilines is 1. The van der Waals surface area contributed by atoms with Gasteiger partial charge in [0.15, 0.2) is 5.82 Å². The molecule has 0 saturated carbocycles. The highest BCUT2D eigenvalue weighted by Gasteiger charge is 2.10. The van der Waals surface area contributed by atoms with E-state index in [1.54, 1.807) is 0 Å². The van der Waals surface area contributed by atoms with Gasteiger partial charge in [-0.15, -0.1) is 5.10 Å². The second kappa shape index (κ2) is 5.27. The third-order valence-corrected chi connectivity index (χ3v) is 2.49. The summed E-state index contributed by atoms with van der Waals surface area (Å²) in [4.78, 5) is 11.0. The maximum Gasteiger partial charge on any atom is 0.339 e. The number of carboxylic acid groups (broad SMARTS) is 1. The van der Waals surface area contributed by atoms with Crippen LogP contribution in [0.1, 0.15) is 21.5 Å². The highest BCUT2D eigenvalue weighted by atomic mass is 16.4. The summed E-state index contributed by atoms with van der Waals surface area (Å²) in [5.41, 5.74) is 2.35. The maximum atomic E-state index is 11.0. The fraction of sp³-hybridized carbons (Fsp3) is 0.154. The summed E-state index contributed by atoms with van der Waals surface area (Å²) in [7, 11) is 0. The highest BCUT2D eigenvalue weighted by Crippen LogP contribution is 2.12. The number of hydrogen-bond donors (Lipinski definition) is 2. The monoisotopic (exact) mass is 243 g/mol. The number of aromatic nitrogens is 2. The first kappa shape index (κ1) is 12.0. The fourth-order valence-corrected chi connectivity index (χ4v) is 1.64. The van der Waals surface area contributed by atoms with E-state index >= 15 is 0 Å². The van der Waals surface area contributed by atoms with Gasteiger partial charge in [-0.2, -0.15) is 5.10 Å². The molecule has 2 N–H and O–H groups in total. The third-order valence-electron chi connectivity index (χ3n) is 2.49. The summed E-state index contributed by atoms with van der Waals surface area (Å²) in [5, 5.41) is 19.5. The molecule has 0 radical (unpaired) electrons. The topological polar surface area (TPSA) is 75.1 Å². The van der Waals surface area contributed by atoms with Gasteiger partial charge in [0.25, 0.3) is 0 Å². The van der Waals surface area contributed by atoms with E-state index in [1.807, 2.05) is 31.2 Å². The van der Waals surface area contributed by atoms with E-state index in [9.17, 15) is 4.79 Å². The van der Waals surface area contributed by atoms with Crippen molar-refractivity contribution in [2.24, 2.45) is 0 Å². The molecule has 92 valence electrons. The maximum absolute atomic E-state index is 11.0. The zero-order valence-electron chi connectivity index (χ0n) is 9.92. The van der Waals surface area contributed by atoms with Crippen molar-refractivity contribution in [3.8, 4) is 0 Å². The molecule has 5 nitrogen and oxygen atoms in total. The van der Waals surface area contributed by atoms with Crippen molar-refractivity contribution >= 4 is 11.8 Å². The molecule has 0 aliphatic carbocycles. The number of aromatic carboxylic acids is 1. The van der Waals surface area contributed by atoms with Gasteiger partial charge in [0.2, 0.25) is 0 Å². The van der Waals surface area contributed by atoms with Gasteiger partial charge in [-0.1, -0.05) is 29.8 Å². The smallest absolute Gasteiger partial charge is 0.339 e. The number of carboxylic acids is 1. The molecule has 1 aromatic heterocycles. The van der Waals surface area contributed by atoms with Gasteiger partial charge in [0.05, 0.1) is 6.20 Å². The Hall–Kier alpha value is -2.43.